The molecule has 0 saturated carbocycles. The molecule has 1 aliphatic rings. The average Bonchev–Trinajstić information content (AvgIpc) is 2.58. The van der Waals surface area contributed by atoms with Crippen LogP contribution in [-0.4, -0.2) is 0 Å². The molecule has 0 amide bonds. The van der Waals surface area contributed by atoms with E-state index < -0.39 is 0 Å². The summed E-state index contributed by atoms with van der Waals surface area (Å²) in [6.45, 7) is 8.44. The normalized spacial score (nSPS) is 15.1. The summed E-state index contributed by atoms with van der Waals surface area (Å²) in [5.41, 5.74) is 6.75. The van der Waals surface area contributed by atoms with Crippen molar-refractivity contribution in [3.05, 3.63) is 64.1 Å². The summed E-state index contributed by atoms with van der Waals surface area (Å²) in [5.74, 6) is 0. The molecule has 0 fully saturated rings. The lowest BCUT2D eigenvalue weighted by Crippen LogP contribution is -2.15. The Balaban J connectivity index is 2.34. The Morgan fingerprint density at radius 3 is 2.28 bits per heavy atom. The van der Waals surface area contributed by atoms with E-state index in [2.05, 4.69) is 72.8 Å². The van der Waals surface area contributed by atoms with E-state index >= 15 is 0 Å². The molecule has 0 saturated heterocycles. The highest BCUT2D eigenvalue weighted by molar-refractivity contribution is 9.10. The zero-order valence-corrected chi connectivity index (χ0v) is 12.2. The lowest BCUT2D eigenvalue weighted by molar-refractivity contribution is 0.660. The highest BCUT2D eigenvalue weighted by atomic mass is 79.9. The van der Waals surface area contributed by atoms with Gasteiger partial charge >= 0.3 is 0 Å². The first kappa shape index (κ1) is 11.7. The minimum absolute atomic E-state index is 0.0630. The van der Waals surface area contributed by atoms with Gasteiger partial charge in [0.1, 0.15) is 0 Å². The summed E-state index contributed by atoms with van der Waals surface area (Å²) in [4.78, 5) is 0. The molecule has 3 rings (SSSR count). The molecule has 1 heteroatoms. The summed E-state index contributed by atoms with van der Waals surface area (Å²) in [7, 11) is 0. The van der Waals surface area contributed by atoms with Crippen LogP contribution in [0.25, 0.3) is 17.2 Å². The number of hydrogen-bond donors (Lipinski definition) is 0. The number of hydrogen-bond acceptors (Lipinski definition) is 0. The molecule has 0 N–H and O–H groups in total. The molecule has 2 aromatic rings. The Morgan fingerprint density at radius 1 is 1.00 bits per heavy atom. The van der Waals surface area contributed by atoms with Crippen LogP contribution in [0.15, 0.2) is 47.4 Å². The molecule has 0 aromatic heterocycles. The van der Waals surface area contributed by atoms with Gasteiger partial charge in [-0.15, -0.1) is 0 Å². The molecule has 0 aliphatic heterocycles. The monoisotopic (exact) mass is 298 g/mol. The summed E-state index contributed by atoms with van der Waals surface area (Å²) in [6, 6.07) is 13.2. The molecule has 0 nitrogen and oxygen atoms in total. The number of benzene rings is 2. The molecule has 0 heterocycles. The van der Waals surface area contributed by atoms with Crippen molar-refractivity contribution in [3.8, 4) is 11.1 Å². The van der Waals surface area contributed by atoms with Crippen molar-refractivity contribution < 1.29 is 0 Å². The smallest absolute Gasteiger partial charge is 0.0178 e. The van der Waals surface area contributed by atoms with E-state index in [1.165, 1.54) is 27.8 Å². The molecule has 0 atom stereocenters. The SMILES string of the molecule is C=Cc1ccc2c(c1)C(C)(C)c1cc(Br)ccc1-2. The first-order chi connectivity index (χ1) is 8.54. The molecular weight excluding hydrogens is 284 g/mol. The van der Waals surface area contributed by atoms with Crippen LogP contribution < -0.4 is 0 Å². The van der Waals surface area contributed by atoms with Crippen molar-refractivity contribution >= 4 is 22.0 Å². The Bertz CT molecular complexity index is 651. The minimum Gasteiger partial charge on any atom is -0.0985 e. The van der Waals surface area contributed by atoms with Gasteiger partial charge in [0.15, 0.2) is 0 Å². The summed E-state index contributed by atoms with van der Waals surface area (Å²) in [5, 5.41) is 0. The summed E-state index contributed by atoms with van der Waals surface area (Å²) >= 11 is 3.57. The van der Waals surface area contributed by atoms with Gasteiger partial charge in [-0.1, -0.05) is 66.7 Å². The Hall–Kier alpha value is -1.34. The van der Waals surface area contributed by atoms with Gasteiger partial charge in [0.05, 0.1) is 0 Å². The maximum absolute atomic E-state index is 3.86. The van der Waals surface area contributed by atoms with Crippen LogP contribution >= 0.6 is 15.9 Å². The van der Waals surface area contributed by atoms with Crippen LogP contribution in [0.1, 0.15) is 30.5 Å². The van der Waals surface area contributed by atoms with E-state index in [0.29, 0.717) is 0 Å². The number of rotatable bonds is 1. The molecule has 2 aromatic carbocycles. The molecule has 1 aliphatic carbocycles. The lowest BCUT2D eigenvalue weighted by Gasteiger charge is -2.21. The minimum atomic E-state index is 0.0630. The van der Waals surface area contributed by atoms with Crippen LogP contribution in [0.4, 0.5) is 0 Å². The molecule has 0 bridgehead atoms. The Labute approximate surface area is 116 Å². The number of fused-ring (bicyclic) bond motifs is 3. The van der Waals surface area contributed by atoms with E-state index in [-0.39, 0.29) is 5.41 Å². The highest BCUT2D eigenvalue weighted by Gasteiger charge is 2.35. The molecule has 0 spiro atoms. The first-order valence-corrected chi connectivity index (χ1v) is 6.90. The van der Waals surface area contributed by atoms with Gasteiger partial charge in [-0.25, -0.2) is 0 Å². The third-order valence-corrected chi connectivity index (χ3v) is 4.39. The van der Waals surface area contributed by atoms with Crippen LogP contribution in [0, 0.1) is 0 Å². The second-order valence-corrected chi connectivity index (χ2v) is 6.24. The largest absolute Gasteiger partial charge is 0.0985 e. The third-order valence-electron chi connectivity index (χ3n) is 3.90. The number of halogens is 1. The molecule has 18 heavy (non-hydrogen) atoms. The van der Waals surface area contributed by atoms with E-state index in [0.717, 1.165) is 4.47 Å². The van der Waals surface area contributed by atoms with Crippen LogP contribution in [0.5, 0.6) is 0 Å². The predicted molar refractivity (Wildman–Crippen MR) is 81.8 cm³/mol. The summed E-state index contributed by atoms with van der Waals surface area (Å²) in [6.07, 6.45) is 1.91. The van der Waals surface area contributed by atoms with E-state index in [1.807, 2.05) is 6.08 Å². The quantitative estimate of drug-likeness (QED) is 0.661. The second-order valence-electron chi connectivity index (χ2n) is 5.32. The molecular formula is C17H15Br. The topological polar surface area (TPSA) is 0 Å². The van der Waals surface area contributed by atoms with Crippen molar-refractivity contribution in [3.63, 3.8) is 0 Å². The van der Waals surface area contributed by atoms with Crippen molar-refractivity contribution in [2.24, 2.45) is 0 Å². The highest BCUT2D eigenvalue weighted by Crippen LogP contribution is 2.49. The molecule has 0 radical (unpaired) electrons. The first-order valence-electron chi connectivity index (χ1n) is 6.11. The van der Waals surface area contributed by atoms with E-state index in [1.54, 1.807) is 0 Å². The lowest BCUT2D eigenvalue weighted by atomic mass is 9.82. The summed E-state index contributed by atoms with van der Waals surface area (Å²) < 4.78 is 1.14. The molecule has 90 valence electrons. The Morgan fingerprint density at radius 2 is 1.61 bits per heavy atom. The van der Waals surface area contributed by atoms with Gasteiger partial charge in [0, 0.05) is 9.89 Å². The third kappa shape index (κ3) is 1.50. The maximum Gasteiger partial charge on any atom is 0.0178 e. The van der Waals surface area contributed by atoms with Crippen LogP contribution in [0.2, 0.25) is 0 Å². The van der Waals surface area contributed by atoms with Gasteiger partial charge in [0.25, 0.3) is 0 Å². The zero-order chi connectivity index (χ0) is 12.9. The van der Waals surface area contributed by atoms with Gasteiger partial charge in [-0.05, 0) is 39.9 Å². The molecule has 0 unspecified atom stereocenters. The van der Waals surface area contributed by atoms with Gasteiger partial charge in [-0.3, -0.25) is 0 Å². The second kappa shape index (κ2) is 3.83. The van der Waals surface area contributed by atoms with Crippen molar-refractivity contribution in [1.29, 1.82) is 0 Å². The van der Waals surface area contributed by atoms with Gasteiger partial charge < -0.3 is 0 Å². The van der Waals surface area contributed by atoms with E-state index in [9.17, 15) is 0 Å². The van der Waals surface area contributed by atoms with Crippen molar-refractivity contribution in [2.45, 2.75) is 19.3 Å². The standard InChI is InChI=1S/C17H15Br/c1-4-11-5-7-13-14-8-6-12(18)10-16(14)17(2,3)15(13)9-11/h4-10H,1H2,2-3H3. The van der Waals surface area contributed by atoms with E-state index in [4.69, 9.17) is 0 Å². The van der Waals surface area contributed by atoms with Crippen LogP contribution in [-0.2, 0) is 5.41 Å². The fourth-order valence-corrected chi connectivity index (χ4v) is 3.22. The average molecular weight is 299 g/mol. The fraction of sp³-hybridized carbons (Fsp3) is 0.176. The Kier molecular flexibility index (Phi) is 2.49. The van der Waals surface area contributed by atoms with Gasteiger partial charge in [0.2, 0.25) is 0 Å². The van der Waals surface area contributed by atoms with Crippen molar-refractivity contribution in [1.82, 2.24) is 0 Å². The predicted octanol–water partition coefficient (Wildman–Crippen LogP) is 5.40. The van der Waals surface area contributed by atoms with Crippen LogP contribution in [0.3, 0.4) is 0 Å². The maximum atomic E-state index is 3.86. The zero-order valence-electron chi connectivity index (χ0n) is 10.6. The fourth-order valence-electron chi connectivity index (χ4n) is 2.85. The van der Waals surface area contributed by atoms with Crippen molar-refractivity contribution in [2.75, 3.05) is 0 Å². The van der Waals surface area contributed by atoms with Gasteiger partial charge in [-0.2, -0.15) is 0 Å².